The van der Waals surface area contributed by atoms with Crippen molar-refractivity contribution in [1.29, 1.82) is 0 Å². The summed E-state index contributed by atoms with van der Waals surface area (Å²) < 4.78 is 0. The zero-order valence-electron chi connectivity index (χ0n) is 10.6. The molecule has 18 heavy (non-hydrogen) atoms. The van der Waals surface area contributed by atoms with E-state index >= 15 is 0 Å². The molecule has 0 aromatic carbocycles. The van der Waals surface area contributed by atoms with E-state index in [0.29, 0.717) is 0 Å². The average Bonchev–Trinajstić information content (AvgIpc) is 2.52. The fourth-order valence-corrected chi connectivity index (χ4v) is 2.10. The number of carbonyl (C=O) groups is 3. The van der Waals surface area contributed by atoms with E-state index in [4.69, 9.17) is 5.11 Å². The van der Waals surface area contributed by atoms with Gasteiger partial charge in [0.25, 0.3) is 0 Å². The van der Waals surface area contributed by atoms with Gasteiger partial charge in [0, 0.05) is 12.6 Å². The van der Waals surface area contributed by atoms with Crippen LogP contribution in [0.3, 0.4) is 0 Å². The third-order valence-electron chi connectivity index (χ3n) is 2.82. The number of carbonyl (C=O) groups excluding carboxylic acids is 2. The number of carboxylic acid groups (broad SMARTS) is 1. The Kier molecular flexibility index (Phi) is 4.61. The molecule has 0 spiro atoms. The van der Waals surface area contributed by atoms with Crippen LogP contribution in [0, 0.1) is 0 Å². The second-order valence-electron chi connectivity index (χ2n) is 4.53. The van der Waals surface area contributed by atoms with Crippen LogP contribution in [0.4, 0.5) is 0 Å². The molecule has 1 atom stereocenters. The van der Waals surface area contributed by atoms with E-state index in [1.54, 1.807) is 13.8 Å². The molecule has 1 aliphatic heterocycles. The first-order valence-corrected chi connectivity index (χ1v) is 5.81. The molecule has 0 aromatic rings. The molecular weight excluding hydrogens is 236 g/mol. The van der Waals surface area contributed by atoms with Crippen molar-refractivity contribution in [2.45, 2.75) is 32.4 Å². The summed E-state index contributed by atoms with van der Waals surface area (Å²) in [6, 6.07) is -0.889. The van der Waals surface area contributed by atoms with Gasteiger partial charge in [0.2, 0.25) is 11.8 Å². The maximum Gasteiger partial charge on any atom is 0.317 e. The Balaban J connectivity index is 2.87. The highest BCUT2D eigenvalue weighted by molar-refractivity contribution is 6.05. The Morgan fingerprint density at radius 3 is 2.61 bits per heavy atom. The van der Waals surface area contributed by atoms with Crippen molar-refractivity contribution in [1.82, 2.24) is 9.80 Å². The van der Waals surface area contributed by atoms with Gasteiger partial charge in [0.05, 0.1) is 19.0 Å². The Labute approximate surface area is 106 Å². The van der Waals surface area contributed by atoms with Crippen molar-refractivity contribution < 1.29 is 19.5 Å². The molecule has 6 nitrogen and oxygen atoms in total. The minimum absolute atomic E-state index is 0.0398. The van der Waals surface area contributed by atoms with Crippen LogP contribution in [0.1, 0.15) is 20.3 Å². The Morgan fingerprint density at radius 2 is 2.22 bits per heavy atom. The molecule has 1 aliphatic rings. The summed E-state index contributed by atoms with van der Waals surface area (Å²) in [6.07, 6.45) is 1.57. The summed E-state index contributed by atoms with van der Waals surface area (Å²) >= 11 is 0. The van der Waals surface area contributed by atoms with Gasteiger partial charge in [0.1, 0.15) is 0 Å². The van der Waals surface area contributed by atoms with Crippen LogP contribution in [-0.4, -0.2) is 57.9 Å². The van der Waals surface area contributed by atoms with Gasteiger partial charge in [-0.1, -0.05) is 6.08 Å². The van der Waals surface area contributed by atoms with Gasteiger partial charge in [-0.05, 0) is 13.8 Å². The molecule has 6 heteroatoms. The summed E-state index contributed by atoms with van der Waals surface area (Å²) in [5.41, 5.74) is 0. The van der Waals surface area contributed by atoms with Gasteiger partial charge >= 0.3 is 5.97 Å². The molecule has 0 saturated carbocycles. The van der Waals surface area contributed by atoms with Gasteiger partial charge in [-0.25, -0.2) is 0 Å². The number of aliphatic carboxylic acids is 1. The Bertz CT molecular complexity index is 378. The number of nitrogens with zero attached hydrogens (tertiary/aromatic N) is 2. The second-order valence-corrected chi connectivity index (χ2v) is 4.53. The van der Waals surface area contributed by atoms with E-state index < -0.39 is 12.0 Å². The predicted molar refractivity (Wildman–Crippen MR) is 64.8 cm³/mol. The third-order valence-corrected chi connectivity index (χ3v) is 2.82. The summed E-state index contributed by atoms with van der Waals surface area (Å²) in [5.74, 6) is -1.60. The van der Waals surface area contributed by atoms with Crippen LogP contribution >= 0.6 is 0 Å². The fraction of sp³-hybridized carbons (Fsp3) is 0.583. The summed E-state index contributed by atoms with van der Waals surface area (Å²) in [4.78, 5) is 37.2. The number of amides is 2. The molecule has 0 aliphatic carbocycles. The number of rotatable bonds is 6. The Morgan fingerprint density at radius 1 is 1.61 bits per heavy atom. The lowest BCUT2D eigenvalue weighted by Gasteiger charge is -2.25. The van der Waals surface area contributed by atoms with Gasteiger partial charge in [-0.15, -0.1) is 6.58 Å². The van der Waals surface area contributed by atoms with Crippen molar-refractivity contribution in [3.63, 3.8) is 0 Å². The highest BCUT2D eigenvalue weighted by Gasteiger charge is 2.43. The van der Waals surface area contributed by atoms with Crippen LogP contribution < -0.4 is 0 Å². The zero-order valence-corrected chi connectivity index (χ0v) is 10.6. The van der Waals surface area contributed by atoms with Gasteiger partial charge in [-0.3, -0.25) is 24.2 Å². The fourth-order valence-electron chi connectivity index (χ4n) is 2.10. The summed E-state index contributed by atoms with van der Waals surface area (Å²) in [7, 11) is 0. The minimum Gasteiger partial charge on any atom is -0.480 e. The lowest BCUT2D eigenvalue weighted by Crippen LogP contribution is -2.45. The number of hydrogen-bond donors (Lipinski definition) is 1. The molecule has 1 unspecified atom stereocenters. The van der Waals surface area contributed by atoms with Crippen LogP contribution in [-0.2, 0) is 14.4 Å². The van der Waals surface area contributed by atoms with E-state index in [1.165, 1.54) is 15.9 Å². The van der Waals surface area contributed by atoms with Crippen molar-refractivity contribution in [3.8, 4) is 0 Å². The van der Waals surface area contributed by atoms with Gasteiger partial charge in [0.15, 0.2) is 0 Å². The number of imide groups is 1. The van der Waals surface area contributed by atoms with Crippen LogP contribution in [0.5, 0.6) is 0 Å². The topological polar surface area (TPSA) is 77.9 Å². The molecule has 100 valence electrons. The third kappa shape index (κ3) is 2.95. The van der Waals surface area contributed by atoms with E-state index in [2.05, 4.69) is 6.58 Å². The molecule has 1 fully saturated rings. The zero-order chi connectivity index (χ0) is 13.9. The first kappa shape index (κ1) is 14.4. The lowest BCUT2D eigenvalue weighted by atomic mass is 10.2. The quantitative estimate of drug-likeness (QED) is 0.537. The molecule has 1 heterocycles. The number of likely N-dealkylation sites (tertiary alicyclic amines) is 1. The standard InChI is InChI=1S/C12H18N2O4/c1-4-5-13(7-11(16)17)9-6-10(15)14(8(2)3)12(9)18/h4,8-9H,1,5-7H2,2-3H3,(H,16,17). The average molecular weight is 254 g/mol. The lowest BCUT2D eigenvalue weighted by molar-refractivity contribution is -0.142. The van der Waals surface area contributed by atoms with E-state index in [0.717, 1.165) is 0 Å². The predicted octanol–water partition coefficient (Wildman–Crippen LogP) is 0.0949. The van der Waals surface area contributed by atoms with E-state index in [-0.39, 0.29) is 37.4 Å². The number of hydrogen-bond acceptors (Lipinski definition) is 4. The maximum atomic E-state index is 12.1. The minimum atomic E-state index is -1.03. The molecule has 1 rings (SSSR count). The summed E-state index contributed by atoms with van der Waals surface area (Å²) in [6.45, 7) is 7.04. The Hall–Kier alpha value is -1.69. The van der Waals surface area contributed by atoms with Crippen LogP contribution in [0.15, 0.2) is 12.7 Å². The first-order valence-electron chi connectivity index (χ1n) is 5.81. The van der Waals surface area contributed by atoms with Crippen molar-refractivity contribution in [2.24, 2.45) is 0 Å². The smallest absolute Gasteiger partial charge is 0.317 e. The monoisotopic (exact) mass is 254 g/mol. The molecule has 0 aromatic heterocycles. The molecule has 1 N–H and O–H groups in total. The van der Waals surface area contributed by atoms with E-state index in [1.807, 2.05) is 0 Å². The van der Waals surface area contributed by atoms with Gasteiger partial charge < -0.3 is 5.11 Å². The van der Waals surface area contributed by atoms with Crippen molar-refractivity contribution in [3.05, 3.63) is 12.7 Å². The highest BCUT2D eigenvalue weighted by atomic mass is 16.4. The van der Waals surface area contributed by atoms with Crippen LogP contribution in [0.25, 0.3) is 0 Å². The maximum absolute atomic E-state index is 12.1. The van der Waals surface area contributed by atoms with Crippen molar-refractivity contribution >= 4 is 17.8 Å². The van der Waals surface area contributed by atoms with Gasteiger partial charge in [-0.2, -0.15) is 0 Å². The second kappa shape index (κ2) is 5.77. The largest absolute Gasteiger partial charge is 0.480 e. The summed E-state index contributed by atoms with van der Waals surface area (Å²) in [5, 5.41) is 8.81. The first-order chi connectivity index (χ1) is 8.38. The molecule has 0 radical (unpaired) electrons. The van der Waals surface area contributed by atoms with Crippen LogP contribution in [0.2, 0.25) is 0 Å². The normalized spacial score (nSPS) is 20.0. The highest BCUT2D eigenvalue weighted by Crippen LogP contribution is 2.20. The molecule has 1 saturated heterocycles. The molecule has 2 amide bonds. The number of carboxylic acids is 1. The van der Waals surface area contributed by atoms with Crippen molar-refractivity contribution in [2.75, 3.05) is 13.1 Å². The SMILES string of the molecule is C=CCN(CC(=O)O)C1CC(=O)N(C(C)C)C1=O. The molecule has 0 bridgehead atoms. The van der Waals surface area contributed by atoms with E-state index in [9.17, 15) is 14.4 Å². The molecular formula is C12H18N2O4.